The first-order valence-corrected chi connectivity index (χ1v) is 13.1. The molecule has 36 heavy (non-hydrogen) atoms. The van der Waals surface area contributed by atoms with Crippen LogP contribution in [-0.2, 0) is 16.0 Å². The van der Waals surface area contributed by atoms with Gasteiger partial charge in [-0.2, -0.15) is 4.99 Å². The average molecular weight is 501 g/mol. The van der Waals surface area contributed by atoms with Crippen molar-refractivity contribution in [2.75, 3.05) is 19.7 Å². The van der Waals surface area contributed by atoms with Gasteiger partial charge in [0, 0.05) is 24.7 Å². The molecule has 5 rings (SSSR count). The minimum atomic E-state index is -0.345. The summed E-state index contributed by atoms with van der Waals surface area (Å²) in [7, 11) is 0. The molecular weight excluding hydrogens is 472 g/mol. The third-order valence-corrected chi connectivity index (χ3v) is 7.49. The van der Waals surface area contributed by atoms with Crippen LogP contribution in [0.1, 0.15) is 41.4 Å². The van der Waals surface area contributed by atoms with E-state index in [4.69, 9.17) is 9.15 Å². The van der Waals surface area contributed by atoms with Crippen molar-refractivity contribution in [2.24, 2.45) is 10.9 Å². The first-order chi connectivity index (χ1) is 17.6. The molecule has 184 valence electrons. The van der Waals surface area contributed by atoms with E-state index in [9.17, 15) is 9.59 Å². The molecule has 7 heteroatoms. The van der Waals surface area contributed by atoms with Gasteiger partial charge in [0.05, 0.1) is 17.1 Å². The van der Waals surface area contributed by atoms with Crippen LogP contribution in [-0.4, -0.2) is 41.6 Å². The van der Waals surface area contributed by atoms with Crippen molar-refractivity contribution in [1.29, 1.82) is 0 Å². The molecule has 0 aliphatic carbocycles. The minimum Gasteiger partial charge on any atom is -0.462 e. The number of hydrogen-bond acceptors (Lipinski definition) is 6. The van der Waals surface area contributed by atoms with Gasteiger partial charge < -0.3 is 14.1 Å². The van der Waals surface area contributed by atoms with Crippen LogP contribution >= 0.6 is 11.8 Å². The first kappa shape index (κ1) is 24.1. The molecule has 3 aromatic rings. The highest BCUT2D eigenvalue weighted by Crippen LogP contribution is 2.34. The van der Waals surface area contributed by atoms with E-state index in [1.165, 1.54) is 17.3 Å². The number of piperidine rings is 1. The number of benzene rings is 2. The van der Waals surface area contributed by atoms with Crippen LogP contribution in [0.2, 0.25) is 0 Å². The summed E-state index contributed by atoms with van der Waals surface area (Å²) in [6.45, 7) is 3.94. The Kier molecular flexibility index (Phi) is 7.37. The van der Waals surface area contributed by atoms with Gasteiger partial charge in [-0.3, -0.25) is 4.79 Å². The second-order valence-electron chi connectivity index (χ2n) is 8.93. The van der Waals surface area contributed by atoms with Crippen LogP contribution in [0.3, 0.4) is 0 Å². The van der Waals surface area contributed by atoms with Gasteiger partial charge in [0.1, 0.15) is 11.5 Å². The Morgan fingerprint density at radius 3 is 2.56 bits per heavy atom. The number of amides is 1. The molecule has 2 aliphatic heterocycles. The first-order valence-electron chi connectivity index (χ1n) is 12.3. The number of rotatable bonds is 6. The fraction of sp³-hybridized carbons (Fsp3) is 0.276. The minimum absolute atomic E-state index is 0.224. The van der Waals surface area contributed by atoms with E-state index in [2.05, 4.69) is 40.2 Å². The zero-order valence-corrected chi connectivity index (χ0v) is 21.0. The molecule has 6 nitrogen and oxygen atoms in total. The number of carbonyl (C=O) groups is 2. The molecular formula is C29H28N2O4S. The number of amidine groups is 1. The maximum Gasteiger partial charge on any atom is 0.338 e. The number of carbonyl (C=O) groups excluding carboxylic acids is 2. The predicted octanol–water partition coefficient (Wildman–Crippen LogP) is 6.05. The number of furan rings is 1. The lowest BCUT2D eigenvalue weighted by Gasteiger charge is -2.32. The van der Waals surface area contributed by atoms with Crippen molar-refractivity contribution in [1.82, 2.24) is 4.90 Å². The van der Waals surface area contributed by atoms with Crippen LogP contribution in [0.25, 0.3) is 17.4 Å². The van der Waals surface area contributed by atoms with Crippen molar-refractivity contribution in [3.63, 3.8) is 0 Å². The van der Waals surface area contributed by atoms with E-state index in [0.29, 0.717) is 34.5 Å². The van der Waals surface area contributed by atoms with Gasteiger partial charge >= 0.3 is 5.97 Å². The monoisotopic (exact) mass is 500 g/mol. The second-order valence-corrected chi connectivity index (χ2v) is 9.94. The highest BCUT2D eigenvalue weighted by molar-refractivity contribution is 8.18. The van der Waals surface area contributed by atoms with Gasteiger partial charge in [0.25, 0.3) is 5.91 Å². The molecule has 1 amide bonds. The third kappa shape index (κ3) is 5.62. The number of thioether (sulfide) groups is 1. The number of aliphatic imine (C=N–C) groups is 1. The van der Waals surface area contributed by atoms with Crippen molar-refractivity contribution in [3.8, 4) is 11.3 Å². The van der Waals surface area contributed by atoms with E-state index in [1.54, 1.807) is 25.1 Å². The van der Waals surface area contributed by atoms with Crippen LogP contribution < -0.4 is 0 Å². The number of likely N-dealkylation sites (tertiary alicyclic amines) is 1. The zero-order chi connectivity index (χ0) is 24.9. The van der Waals surface area contributed by atoms with Gasteiger partial charge in [0.2, 0.25) is 0 Å². The average Bonchev–Trinajstić information content (AvgIpc) is 3.52. The second kappa shape index (κ2) is 11.0. The number of nitrogens with zero attached hydrogens (tertiary/aromatic N) is 2. The van der Waals surface area contributed by atoms with Gasteiger partial charge in [-0.05, 0) is 73.7 Å². The van der Waals surface area contributed by atoms with Gasteiger partial charge in [0.15, 0.2) is 5.17 Å². The molecule has 2 aliphatic rings. The number of esters is 1. The molecule has 2 aromatic carbocycles. The van der Waals surface area contributed by atoms with Crippen molar-refractivity contribution >= 4 is 34.9 Å². The van der Waals surface area contributed by atoms with Gasteiger partial charge in [-0.15, -0.1) is 0 Å². The van der Waals surface area contributed by atoms with Crippen molar-refractivity contribution in [3.05, 3.63) is 88.5 Å². The number of ether oxygens (including phenoxy) is 1. The Morgan fingerprint density at radius 2 is 1.83 bits per heavy atom. The summed E-state index contributed by atoms with van der Waals surface area (Å²) < 4.78 is 11.0. The molecule has 3 heterocycles. The SMILES string of the molecule is CCOC(=O)c1ccc(-c2ccc(C=C3SC(N4CCC(Cc5ccccc5)CC4)=NC3=O)o2)cc1. The molecule has 1 saturated heterocycles. The molecule has 0 radical (unpaired) electrons. The quantitative estimate of drug-likeness (QED) is 0.303. The molecule has 0 spiro atoms. The standard InChI is InChI=1S/C29H28N2O4S/c1-2-34-28(33)23-10-8-22(9-11-23)25-13-12-24(35-25)19-26-27(32)30-29(36-26)31-16-14-21(15-17-31)18-20-6-4-3-5-7-20/h3-13,19,21H,2,14-18H2,1H3. The van der Waals surface area contributed by atoms with E-state index in [1.807, 2.05) is 24.3 Å². The summed E-state index contributed by atoms with van der Waals surface area (Å²) >= 11 is 1.42. The van der Waals surface area contributed by atoms with Crippen molar-refractivity contribution < 1.29 is 18.7 Å². The van der Waals surface area contributed by atoms with Crippen molar-refractivity contribution in [2.45, 2.75) is 26.2 Å². The third-order valence-electron chi connectivity index (χ3n) is 6.44. The number of hydrogen-bond donors (Lipinski definition) is 0. The lowest BCUT2D eigenvalue weighted by molar-refractivity contribution is -0.113. The van der Waals surface area contributed by atoms with E-state index in [-0.39, 0.29) is 11.9 Å². The van der Waals surface area contributed by atoms with E-state index < -0.39 is 0 Å². The highest BCUT2D eigenvalue weighted by Gasteiger charge is 2.29. The Balaban J connectivity index is 1.18. The summed E-state index contributed by atoms with van der Waals surface area (Å²) in [6.07, 6.45) is 5.04. The van der Waals surface area contributed by atoms with E-state index in [0.717, 1.165) is 43.1 Å². The molecule has 0 bridgehead atoms. The molecule has 1 aromatic heterocycles. The Labute approximate surface area is 215 Å². The summed E-state index contributed by atoms with van der Waals surface area (Å²) in [5.41, 5.74) is 2.72. The molecule has 0 N–H and O–H groups in total. The van der Waals surface area contributed by atoms with Crippen LogP contribution in [0.15, 0.2) is 81.0 Å². The molecule has 1 fully saturated rings. The summed E-state index contributed by atoms with van der Waals surface area (Å²) in [6, 6.07) is 21.4. The predicted molar refractivity (Wildman–Crippen MR) is 143 cm³/mol. The highest BCUT2D eigenvalue weighted by atomic mass is 32.2. The Bertz CT molecular complexity index is 1290. The van der Waals surface area contributed by atoms with Crippen LogP contribution in [0, 0.1) is 5.92 Å². The smallest absolute Gasteiger partial charge is 0.338 e. The molecule has 0 unspecified atom stereocenters. The lowest BCUT2D eigenvalue weighted by Crippen LogP contribution is -2.37. The summed E-state index contributed by atoms with van der Waals surface area (Å²) in [4.78, 5) is 31.5. The fourth-order valence-corrected chi connectivity index (χ4v) is 5.45. The normalized spacial score (nSPS) is 17.5. The topological polar surface area (TPSA) is 72.1 Å². The summed E-state index contributed by atoms with van der Waals surface area (Å²) in [5.74, 6) is 1.34. The maximum atomic E-state index is 12.6. The van der Waals surface area contributed by atoms with Gasteiger partial charge in [-0.1, -0.05) is 42.5 Å². The molecule has 0 saturated carbocycles. The Hall–Kier alpha value is -3.58. The maximum absolute atomic E-state index is 12.6. The van der Waals surface area contributed by atoms with E-state index >= 15 is 0 Å². The van der Waals surface area contributed by atoms with Crippen LogP contribution in [0.5, 0.6) is 0 Å². The molecule has 0 atom stereocenters. The van der Waals surface area contributed by atoms with Gasteiger partial charge in [-0.25, -0.2) is 4.79 Å². The largest absolute Gasteiger partial charge is 0.462 e. The van der Waals surface area contributed by atoms with Crippen LogP contribution in [0.4, 0.5) is 0 Å². The summed E-state index contributed by atoms with van der Waals surface area (Å²) in [5, 5.41) is 0.783. The fourth-order valence-electron chi connectivity index (χ4n) is 4.51. The Morgan fingerprint density at radius 1 is 1.08 bits per heavy atom. The zero-order valence-electron chi connectivity index (χ0n) is 20.2. The lowest BCUT2D eigenvalue weighted by atomic mass is 9.90.